The molecule has 296 valence electrons. The van der Waals surface area contributed by atoms with E-state index < -0.39 is 0 Å². The lowest BCUT2D eigenvalue weighted by Gasteiger charge is -2.26. The van der Waals surface area contributed by atoms with E-state index in [2.05, 4.69) is 248 Å². The van der Waals surface area contributed by atoms with Crippen LogP contribution in [0.2, 0.25) is 0 Å². The molecule has 0 fully saturated rings. The second kappa shape index (κ2) is 15.7. The fraction of sp³-hybridized carbons (Fsp3) is 0.0667. The molecule has 0 amide bonds. The first kappa shape index (κ1) is 37.3. The summed E-state index contributed by atoms with van der Waals surface area (Å²) in [5.74, 6) is 0.500. The van der Waals surface area contributed by atoms with Gasteiger partial charge in [-0.1, -0.05) is 166 Å². The van der Waals surface area contributed by atoms with E-state index in [1.165, 1.54) is 88.0 Å². The summed E-state index contributed by atoms with van der Waals surface area (Å²) in [6.07, 6.45) is 1.11. The Morgan fingerprint density at radius 3 is 1.34 bits per heavy atom. The molecule has 0 bridgehead atoms. The molecule has 11 aromatic rings. The van der Waals surface area contributed by atoms with Crippen LogP contribution < -0.4 is 4.90 Å². The Labute approximate surface area is 363 Å². The maximum Gasteiger partial charge on any atom is 0.0541 e. The molecule has 0 saturated heterocycles. The van der Waals surface area contributed by atoms with E-state index in [0.717, 1.165) is 23.5 Å². The van der Waals surface area contributed by atoms with Crippen LogP contribution >= 0.6 is 0 Å². The van der Waals surface area contributed by atoms with Crippen LogP contribution in [-0.2, 0) is 0 Å². The zero-order valence-electron chi connectivity index (χ0n) is 35.0. The van der Waals surface area contributed by atoms with Crippen LogP contribution in [0, 0.1) is 0 Å². The highest BCUT2D eigenvalue weighted by Gasteiger charge is 2.19. The van der Waals surface area contributed by atoms with Crippen molar-refractivity contribution in [2.24, 2.45) is 0 Å². The predicted octanol–water partition coefficient (Wildman–Crippen LogP) is 17.1. The summed E-state index contributed by atoms with van der Waals surface area (Å²) in [7, 11) is 0. The molecule has 0 saturated carbocycles. The van der Waals surface area contributed by atoms with E-state index >= 15 is 0 Å². The van der Waals surface area contributed by atoms with Crippen molar-refractivity contribution >= 4 is 60.4 Å². The monoisotopic (exact) mass is 794 g/mol. The lowest BCUT2D eigenvalue weighted by Crippen LogP contribution is -2.09. The number of rotatable bonds is 9. The first-order valence-corrected chi connectivity index (χ1v) is 21.8. The van der Waals surface area contributed by atoms with Gasteiger partial charge in [-0.3, -0.25) is 0 Å². The molecule has 1 aromatic heterocycles. The molecule has 2 nitrogen and oxygen atoms in total. The molecule has 1 atom stereocenters. The van der Waals surface area contributed by atoms with Gasteiger partial charge in [0.1, 0.15) is 0 Å². The fourth-order valence-corrected chi connectivity index (χ4v) is 9.58. The molecular formula is C60H46N2. The maximum atomic E-state index is 2.42. The molecular weight excluding hydrogens is 749 g/mol. The molecule has 0 aliphatic carbocycles. The van der Waals surface area contributed by atoms with Crippen LogP contribution in [0.1, 0.15) is 31.7 Å². The van der Waals surface area contributed by atoms with Crippen molar-refractivity contribution in [3.8, 4) is 39.1 Å². The highest BCUT2D eigenvalue weighted by molar-refractivity contribution is 6.21. The van der Waals surface area contributed by atoms with Gasteiger partial charge in [-0.05, 0) is 146 Å². The number of aromatic nitrogens is 1. The SMILES string of the molecule is CCC(C)c1ccc2c(c1)c1cc(-c3ccc(N(c4ccccc4)c4ccc(-c5c6ccccc6c(-c6ccccc6)c6ccccc56)cc4)cc3)ccc1n2-c1ccccc1. The molecule has 1 heterocycles. The number of nitrogens with zero attached hydrogens (tertiary/aromatic N) is 2. The molecule has 0 N–H and O–H groups in total. The third-order valence-electron chi connectivity index (χ3n) is 12.9. The Hall–Kier alpha value is -7.68. The highest BCUT2D eigenvalue weighted by Crippen LogP contribution is 2.45. The first-order valence-electron chi connectivity index (χ1n) is 21.8. The molecule has 0 aliphatic heterocycles. The van der Waals surface area contributed by atoms with Gasteiger partial charge in [0.25, 0.3) is 0 Å². The third-order valence-corrected chi connectivity index (χ3v) is 12.9. The summed E-state index contributed by atoms with van der Waals surface area (Å²) >= 11 is 0. The summed E-state index contributed by atoms with van der Waals surface area (Å²) in [4.78, 5) is 2.36. The third kappa shape index (κ3) is 6.44. The van der Waals surface area contributed by atoms with E-state index in [-0.39, 0.29) is 0 Å². The minimum Gasteiger partial charge on any atom is -0.311 e. The number of hydrogen-bond donors (Lipinski definition) is 0. The van der Waals surface area contributed by atoms with Crippen molar-refractivity contribution in [1.29, 1.82) is 0 Å². The topological polar surface area (TPSA) is 8.17 Å². The Morgan fingerprint density at radius 2 is 0.790 bits per heavy atom. The van der Waals surface area contributed by atoms with Crippen molar-refractivity contribution < 1.29 is 0 Å². The highest BCUT2D eigenvalue weighted by atomic mass is 15.1. The van der Waals surface area contributed by atoms with Gasteiger partial charge in [-0.2, -0.15) is 0 Å². The molecule has 2 heteroatoms. The number of para-hydroxylation sites is 2. The van der Waals surface area contributed by atoms with Gasteiger partial charge < -0.3 is 9.47 Å². The molecule has 62 heavy (non-hydrogen) atoms. The average molecular weight is 795 g/mol. The van der Waals surface area contributed by atoms with Crippen LogP contribution in [0.4, 0.5) is 17.1 Å². The van der Waals surface area contributed by atoms with Crippen LogP contribution in [0.25, 0.3) is 82.4 Å². The van der Waals surface area contributed by atoms with Gasteiger partial charge in [0, 0.05) is 33.5 Å². The maximum absolute atomic E-state index is 2.42. The number of fused-ring (bicyclic) bond motifs is 5. The summed E-state index contributed by atoms with van der Waals surface area (Å²) in [5.41, 5.74) is 15.7. The van der Waals surface area contributed by atoms with E-state index in [1.54, 1.807) is 0 Å². The van der Waals surface area contributed by atoms with Gasteiger partial charge in [-0.15, -0.1) is 0 Å². The van der Waals surface area contributed by atoms with Gasteiger partial charge in [0.2, 0.25) is 0 Å². The quantitative estimate of drug-likeness (QED) is 0.132. The van der Waals surface area contributed by atoms with Crippen LogP contribution in [0.3, 0.4) is 0 Å². The Kier molecular flexibility index (Phi) is 9.47. The fourth-order valence-electron chi connectivity index (χ4n) is 9.58. The van der Waals surface area contributed by atoms with Crippen LogP contribution in [-0.4, -0.2) is 4.57 Å². The van der Waals surface area contributed by atoms with Gasteiger partial charge in [0.15, 0.2) is 0 Å². The van der Waals surface area contributed by atoms with E-state index in [0.29, 0.717) is 5.92 Å². The summed E-state index contributed by atoms with van der Waals surface area (Å²) in [6.45, 7) is 4.60. The van der Waals surface area contributed by atoms with Crippen molar-refractivity contribution in [2.45, 2.75) is 26.2 Å². The number of benzene rings is 10. The number of anilines is 3. The molecule has 10 aromatic carbocycles. The van der Waals surface area contributed by atoms with Gasteiger partial charge in [0.05, 0.1) is 11.0 Å². The Morgan fingerprint density at radius 1 is 0.371 bits per heavy atom. The van der Waals surface area contributed by atoms with Crippen LogP contribution in [0.5, 0.6) is 0 Å². The largest absolute Gasteiger partial charge is 0.311 e. The van der Waals surface area contributed by atoms with Gasteiger partial charge >= 0.3 is 0 Å². The second-order valence-corrected chi connectivity index (χ2v) is 16.5. The van der Waals surface area contributed by atoms with Crippen molar-refractivity contribution in [3.05, 3.63) is 230 Å². The molecule has 1 unspecified atom stereocenters. The standard InChI is InChI=1S/C60H46N2/c1-3-41(2)45-31-37-57-55(39-45)56-40-46(32-38-58(56)62(57)48-21-11-6-12-22-48)42-27-33-49(34-28-42)61(47-19-9-5-10-20-47)50-35-29-44(30-36-50)60-53-25-15-13-23-51(53)59(43-17-7-4-8-18-43)52-24-14-16-26-54(52)60/h4-41H,3H2,1-2H3. The minimum atomic E-state index is 0.500. The molecule has 0 aliphatic rings. The lowest BCUT2D eigenvalue weighted by atomic mass is 9.86. The number of hydrogen-bond acceptors (Lipinski definition) is 1. The van der Waals surface area contributed by atoms with E-state index in [4.69, 9.17) is 0 Å². The van der Waals surface area contributed by atoms with Crippen molar-refractivity contribution in [2.75, 3.05) is 4.90 Å². The van der Waals surface area contributed by atoms with Crippen molar-refractivity contribution in [3.63, 3.8) is 0 Å². The zero-order valence-corrected chi connectivity index (χ0v) is 35.0. The molecule has 0 radical (unpaired) electrons. The minimum absolute atomic E-state index is 0.500. The van der Waals surface area contributed by atoms with Crippen LogP contribution in [0.15, 0.2) is 224 Å². The summed E-state index contributed by atoms with van der Waals surface area (Å²) in [5, 5.41) is 7.61. The molecule has 0 spiro atoms. The lowest BCUT2D eigenvalue weighted by molar-refractivity contribution is 0.735. The van der Waals surface area contributed by atoms with E-state index in [9.17, 15) is 0 Å². The summed E-state index contributed by atoms with van der Waals surface area (Å²) < 4.78 is 2.41. The summed E-state index contributed by atoms with van der Waals surface area (Å²) in [6, 6.07) is 82.2. The Balaban J connectivity index is 0.990. The second-order valence-electron chi connectivity index (χ2n) is 16.5. The smallest absolute Gasteiger partial charge is 0.0541 e. The van der Waals surface area contributed by atoms with Crippen molar-refractivity contribution in [1.82, 2.24) is 4.57 Å². The Bertz CT molecular complexity index is 3310. The predicted molar refractivity (Wildman–Crippen MR) is 265 cm³/mol. The normalized spacial score (nSPS) is 12.0. The molecule has 11 rings (SSSR count). The first-order chi connectivity index (χ1) is 30.6. The average Bonchev–Trinajstić information content (AvgIpc) is 3.67. The van der Waals surface area contributed by atoms with Gasteiger partial charge in [-0.25, -0.2) is 0 Å². The zero-order chi connectivity index (χ0) is 41.6. The van der Waals surface area contributed by atoms with E-state index in [1.807, 2.05) is 0 Å².